The molecule has 0 aliphatic heterocycles. The highest BCUT2D eigenvalue weighted by atomic mass is 79.9. The molecule has 0 saturated heterocycles. The minimum absolute atomic E-state index is 0.00305. The lowest BCUT2D eigenvalue weighted by Gasteiger charge is -2.05. The first kappa shape index (κ1) is 15.6. The predicted octanol–water partition coefficient (Wildman–Crippen LogP) is 4.55. The zero-order chi connectivity index (χ0) is 16.1. The fraction of sp³-hybridized carbons (Fsp3) is 0.167. The number of hydrogen-bond donors (Lipinski definition) is 1. The van der Waals surface area contributed by atoms with E-state index in [0.717, 1.165) is 10.0 Å². The third kappa shape index (κ3) is 4.13. The van der Waals surface area contributed by atoms with E-state index in [0.29, 0.717) is 36.7 Å². The zero-order valence-electron chi connectivity index (χ0n) is 12.4. The van der Waals surface area contributed by atoms with E-state index in [1.54, 1.807) is 12.3 Å². The lowest BCUT2D eigenvalue weighted by atomic mass is 10.1. The molecule has 0 fully saturated rings. The second kappa shape index (κ2) is 7.33. The number of amides is 1. The van der Waals surface area contributed by atoms with E-state index >= 15 is 0 Å². The normalized spacial score (nSPS) is 10.7. The SMILES string of the molecule is O=C(CCc1ccccc1Br)NCc1ccc(-c2ccco2)o1. The lowest BCUT2D eigenvalue weighted by Crippen LogP contribution is -2.22. The Bertz CT molecular complexity index is 777. The molecule has 23 heavy (non-hydrogen) atoms. The molecule has 2 heterocycles. The van der Waals surface area contributed by atoms with E-state index in [2.05, 4.69) is 21.2 Å². The molecule has 2 aromatic heterocycles. The van der Waals surface area contributed by atoms with Crippen LogP contribution >= 0.6 is 15.9 Å². The number of benzene rings is 1. The van der Waals surface area contributed by atoms with E-state index in [-0.39, 0.29) is 5.91 Å². The Morgan fingerprint density at radius 3 is 2.70 bits per heavy atom. The fourth-order valence-electron chi connectivity index (χ4n) is 2.25. The number of nitrogens with one attached hydrogen (secondary N) is 1. The molecule has 5 heteroatoms. The van der Waals surface area contributed by atoms with Gasteiger partial charge < -0.3 is 14.2 Å². The quantitative estimate of drug-likeness (QED) is 0.689. The summed E-state index contributed by atoms with van der Waals surface area (Å²) in [5, 5.41) is 2.87. The molecule has 0 saturated carbocycles. The van der Waals surface area contributed by atoms with Gasteiger partial charge in [0.25, 0.3) is 0 Å². The highest BCUT2D eigenvalue weighted by Gasteiger charge is 2.09. The minimum Gasteiger partial charge on any atom is -0.461 e. The van der Waals surface area contributed by atoms with Crippen LogP contribution in [0.15, 0.2) is 68.1 Å². The number of hydrogen-bond acceptors (Lipinski definition) is 3. The summed E-state index contributed by atoms with van der Waals surface area (Å²) in [6.07, 6.45) is 2.73. The Morgan fingerprint density at radius 2 is 1.91 bits per heavy atom. The molecule has 4 nitrogen and oxygen atoms in total. The summed E-state index contributed by atoms with van der Waals surface area (Å²) in [7, 11) is 0. The molecule has 0 bridgehead atoms. The highest BCUT2D eigenvalue weighted by Crippen LogP contribution is 2.22. The van der Waals surface area contributed by atoms with Gasteiger partial charge in [0.2, 0.25) is 5.91 Å². The van der Waals surface area contributed by atoms with Crippen LogP contribution in [0.5, 0.6) is 0 Å². The Balaban J connectivity index is 1.49. The first-order chi connectivity index (χ1) is 11.2. The van der Waals surface area contributed by atoms with Gasteiger partial charge >= 0.3 is 0 Å². The van der Waals surface area contributed by atoms with Crippen LogP contribution in [0.4, 0.5) is 0 Å². The Morgan fingerprint density at radius 1 is 1.04 bits per heavy atom. The van der Waals surface area contributed by atoms with Gasteiger partial charge in [0, 0.05) is 10.9 Å². The molecule has 0 radical (unpaired) electrons. The average Bonchev–Trinajstić information content (AvgIpc) is 3.23. The van der Waals surface area contributed by atoms with Gasteiger partial charge in [-0.2, -0.15) is 0 Å². The largest absolute Gasteiger partial charge is 0.461 e. The smallest absolute Gasteiger partial charge is 0.220 e. The van der Waals surface area contributed by atoms with Gasteiger partial charge in [-0.15, -0.1) is 0 Å². The maximum Gasteiger partial charge on any atom is 0.220 e. The molecule has 3 rings (SSSR count). The molecule has 3 aromatic rings. The van der Waals surface area contributed by atoms with Crippen LogP contribution in [-0.4, -0.2) is 5.91 Å². The summed E-state index contributed by atoms with van der Waals surface area (Å²) < 4.78 is 11.9. The van der Waals surface area contributed by atoms with Crippen molar-refractivity contribution in [2.24, 2.45) is 0 Å². The molecule has 0 spiro atoms. The molecular weight excluding hydrogens is 358 g/mol. The summed E-state index contributed by atoms with van der Waals surface area (Å²) >= 11 is 3.49. The topological polar surface area (TPSA) is 55.4 Å². The maximum atomic E-state index is 11.9. The minimum atomic E-state index is -0.00305. The highest BCUT2D eigenvalue weighted by molar-refractivity contribution is 9.10. The van der Waals surface area contributed by atoms with Crippen molar-refractivity contribution in [1.82, 2.24) is 5.32 Å². The van der Waals surface area contributed by atoms with Crippen molar-refractivity contribution in [2.75, 3.05) is 0 Å². The third-order valence-corrected chi connectivity index (χ3v) is 4.24. The molecule has 0 aliphatic carbocycles. The average molecular weight is 374 g/mol. The van der Waals surface area contributed by atoms with Crippen LogP contribution in [0.1, 0.15) is 17.7 Å². The number of carbonyl (C=O) groups excluding carboxylic acids is 1. The number of aryl methyl sites for hydroxylation is 1. The van der Waals surface area contributed by atoms with Gasteiger partial charge in [-0.1, -0.05) is 34.1 Å². The van der Waals surface area contributed by atoms with Crippen molar-refractivity contribution < 1.29 is 13.6 Å². The van der Waals surface area contributed by atoms with Crippen molar-refractivity contribution >= 4 is 21.8 Å². The van der Waals surface area contributed by atoms with Crippen LogP contribution in [0.25, 0.3) is 11.5 Å². The van der Waals surface area contributed by atoms with Gasteiger partial charge in [-0.25, -0.2) is 0 Å². The van der Waals surface area contributed by atoms with Crippen LogP contribution in [0.3, 0.4) is 0 Å². The Labute approximate surface area is 142 Å². The standard InChI is InChI=1S/C18H16BrNO3/c19-15-5-2-1-4-13(15)7-10-18(21)20-12-14-8-9-17(23-14)16-6-3-11-22-16/h1-6,8-9,11H,7,10,12H2,(H,20,21). The molecule has 1 amide bonds. The number of carbonyl (C=O) groups is 1. The first-order valence-corrected chi connectivity index (χ1v) is 8.14. The Hall–Kier alpha value is -2.27. The zero-order valence-corrected chi connectivity index (χ0v) is 14.0. The van der Waals surface area contributed by atoms with E-state index < -0.39 is 0 Å². The second-order valence-corrected chi connectivity index (χ2v) is 5.97. The van der Waals surface area contributed by atoms with Crippen LogP contribution in [-0.2, 0) is 17.8 Å². The lowest BCUT2D eigenvalue weighted by molar-refractivity contribution is -0.121. The molecule has 1 N–H and O–H groups in total. The van der Waals surface area contributed by atoms with E-state index in [9.17, 15) is 4.79 Å². The molecule has 0 unspecified atom stereocenters. The van der Waals surface area contributed by atoms with Gasteiger partial charge in [0.05, 0.1) is 12.8 Å². The van der Waals surface area contributed by atoms with Gasteiger partial charge in [-0.05, 0) is 42.3 Å². The van der Waals surface area contributed by atoms with Crippen LogP contribution in [0.2, 0.25) is 0 Å². The summed E-state index contributed by atoms with van der Waals surface area (Å²) in [6.45, 7) is 0.371. The van der Waals surface area contributed by atoms with E-state index in [1.807, 2.05) is 42.5 Å². The number of rotatable bonds is 6. The third-order valence-electron chi connectivity index (χ3n) is 3.46. The fourth-order valence-corrected chi connectivity index (χ4v) is 2.73. The summed E-state index contributed by atoms with van der Waals surface area (Å²) in [4.78, 5) is 11.9. The van der Waals surface area contributed by atoms with Crippen LogP contribution < -0.4 is 5.32 Å². The van der Waals surface area contributed by atoms with Crippen molar-refractivity contribution in [2.45, 2.75) is 19.4 Å². The Kier molecular flexibility index (Phi) is 4.98. The van der Waals surface area contributed by atoms with Gasteiger partial charge in [0.1, 0.15) is 5.76 Å². The molecule has 0 atom stereocenters. The monoisotopic (exact) mass is 373 g/mol. The number of furan rings is 2. The molecule has 0 aliphatic rings. The molecule has 118 valence electrons. The summed E-state index contributed by atoms with van der Waals surface area (Å²) in [5.41, 5.74) is 1.13. The van der Waals surface area contributed by atoms with E-state index in [4.69, 9.17) is 8.83 Å². The van der Waals surface area contributed by atoms with Crippen molar-refractivity contribution in [3.05, 3.63) is 70.6 Å². The van der Waals surface area contributed by atoms with Crippen molar-refractivity contribution in [1.29, 1.82) is 0 Å². The van der Waals surface area contributed by atoms with Crippen molar-refractivity contribution in [3.63, 3.8) is 0 Å². The number of halogens is 1. The van der Waals surface area contributed by atoms with Gasteiger partial charge in [0.15, 0.2) is 11.5 Å². The summed E-state index contributed by atoms with van der Waals surface area (Å²) in [5.74, 6) is 2.03. The predicted molar refractivity (Wildman–Crippen MR) is 90.7 cm³/mol. The van der Waals surface area contributed by atoms with Gasteiger partial charge in [-0.3, -0.25) is 4.79 Å². The first-order valence-electron chi connectivity index (χ1n) is 7.35. The maximum absolute atomic E-state index is 11.9. The van der Waals surface area contributed by atoms with E-state index in [1.165, 1.54) is 0 Å². The molecular formula is C18H16BrNO3. The second-order valence-electron chi connectivity index (χ2n) is 5.11. The van der Waals surface area contributed by atoms with Crippen LogP contribution in [0, 0.1) is 0 Å². The summed E-state index contributed by atoms with van der Waals surface area (Å²) in [6, 6.07) is 15.2. The molecule has 1 aromatic carbocycles. The van der Waals surface area contributed by atoms with Crippen molar-refractivity contribution in [3.8, 4) is 11.5 Å².